The zero-order valence-electron chi connectivity index (χ0n) is 17.4. The predicted molar refractivity (Wildman–Crippen MR) is 119 cm³/mol. The van der Waals surface area contributed by atoms with Crippen LogP contribution in [-0.2, 0) is 32.3 Å². The van der Waals surface area contributed by atoms with Crippen molar-refractivity contribution in [2.75, 3.05) is 0 Å². The minimum Gasteiger partial charge on any atom is -0.461 e. The number of hydrogen-bond acceptors (Lipinski definition) is 4. The number of esters is 2. The largest absolute Gasteiger partial charge is 0.461 e. The lowest BCUT2D eigenvalue weighted by molar-refractivity contribution is -0.151. The van der Waals surface area contributed by atoms with E-state index in [2.05, 4.69) is 0 Å². The maximum absolute atomic E-state index is 12.6. The molecule has 0 radical (unpaired) electrons. The van der Waals surface area contributed by atoms with Gasteiger partial charge in [-0.05, 0) is 40.8 Å². The van der Waals surface area contributed by atoms with Gasteiger partial charge in [-0.3, -0.25) is 9.59 Å². The molecule has 30 heavy (non-hydrogen) atoms. The number of carbonyl (C=O) groups excluding carboxylic acids is 2. The number of benzene rings is 2. The molecule has 0 aliphatic carbocycles. The second-order valence-corrected chi connectivity index (χ2v) is 8.87. The van der Waals surface area contributed by atoms with Crippen LogP contribution in [0.5, 0.6) is 0 Å². The normalized spacial score (nSPS) is 12.6. The first-order valence-corrected chi connectivity index (χ1v) is 10.4. The van der Waals surface area contributed by atoms with Crippen molar-refractivity contribution >= 4 is 35.1 Å². The van der Waals surface area contributed by atoms with Crippen LogP contribution in [0.1, 0.15) is 38.3 Å². The second kappa shape index (κ2) is 11.2. The first-order chi connectivity index (χ1) is 14.1. The van der Waals surface area contributed by atoms with Gasteiger partial charge in [0.1, 0.15) is 13.2 Å². The standard InChI is InChI=1S/C24H26Cl2O4/c1-24(2,3)21(23(28)30-16-18-9-13-20(26)14-10-18)5-4-6-22(27)29-15-17-7-11-19(25)12-8-17/h4-5,7-14,21H,6,15-16H2,1-3H3/b5-4+. The number of hydrogen-bond donors (Lipinski definition) is 0. The van der Waals surface area contributed by atoms with Gasteiger partial charge in [0.05, 0.1) is 12.3 Å². The lowest BCUT2D eigenvalue weighted by Gasteiger charge is -2.26. The van der Waals surface area contributed by atoms with E-state index in [9.17, 15) is 9.59 Å². The maximum atomic E-state index is 12.6. The minimum absolute atomic E-state index is 0.0740. The molecule has 6 heteroatoms. The van der Waals surface area contributed by atoms with Gasteiger partial charge in [-0.15, -0.1) is 0 Å². The Morgan fingerprint density at radius 2 is 1.33 bits per heavy atom. The summed E-state index contributed by atoms with van der Waals surface area (Å²) in [4.78, 5) is 24.6. The molecular formula is C24H26Cl2O4. The molecule has 0 heterocycles. The van der Waals surface area contributed by atoms with E-state index in [0.717, 1.165) is 11.1 Å². The molecule has 0 amide bonds. The topological polar surface area (TPSA) is 52.6 Å². The molecule has 1 unspecified atom stereocenters. The average Bonchev–Trinajstić information content (AvgIpc) is 2.69. The van der Waals surface area contributed by atoms with Gasteiger partial charge in [0, 0.05) is 10.0 Å². The van der Waals surface area contributed by atoms with Gasteiger partial charge in [0.25, 0.3) is 0 Å². The fourth-order valence-electron chi connectivity index (χ4n) is 2.65. The molecule has 0 saturated carbocycles. The van der Waals surface area contributed by atoms with Crippen molar-refractivity contribution < 1.29 is 19.1 Å². The van der Waals surface area contributed by atoms with Gasteiger partial charge in [0.2, 0.25) is 0 Å². The van der Waals surface area contributed by atoms with E-state index in [1.807, 2.05) is 32.9 Å². The molecule has 0 aliphatic heterocycles. The van der Waals surface area contributed by atoms with Crippen molar-refractivity contribution in [3.05, 3.63) is 81.9 Å². The second-order valence-electron chi connectivity index (χ2n) is 8.00. The van der Waals surface area contributed by atoms with Crippen molar-refractivity contribution in [2.24, 2.45) is 11.3 Å². The van der Waals surface area contributed by atoms with Gasteiger partial charge in [-0.1, -0.05) is 80.4 Å². The highest BCUT2D eigenvalue weighted by Crippen LogP contribution is 2.29. The lowest BCUT2D eigenvalue weighted by Crippen LogP contribution is -2.28. The number of rotatable bonds is 8. The Bertz CT molecular complexity index is 866. The van der Waals surface area contributed by atoms with E-state index in [1.54, 1.807) is 48.6 Å². The summed E-state index contributed by atoms with van der Waals surface area (Å²) in [6.07, 6.45) is 3.45. The van der Waals surface area contributed by atoms with Crippen molar-refractivity contribution in [3.63, 3.8) is 0 Å². The van der Waals surface area contributed by atoms with Crippen LogP contribution in [0.4, 0.5) is 0 Å². The summed E-state index contributed by atoms with van der Waals surface area (Å²) in [6.45, 7) is 6.19. The average molecular weight is 449 g/mol. The molecule has 1 atom stereocenters. The Morgan fingerprint density at radius 1 is 0.867 bits per heavy atom. The zero-order chi connectivity index (χ0) is 22.1. The molecule has 0 saturated heterocycles. The third-order valence-electron chi connectivity index (χ3n) is 4.41. The number of carbonyl (C=O) groups is 2. The van der Waals surface area contributed by atoms with Crippen LogP contribution in [0.25, 0.3) is 0 Å². The van der Waals surface area contributed by atoms with Gasteiger partial charge in [-0.25, -0.2) is 0 Å². The van der Waals surface area contributed by atoms with Crippen LogP contribution >= 0.6 is 23.2 Å². The van der Waals surface area contributed by atoms with Gasteiger partial charge in [0.15, 0.2) is 0 Å². The summed E-state index contributed by atoms with van der Waals surface area (Å²) in [6, 6.07) is 14.2. The molecule has 0 spiro atoms. The van der Waals surface area contributed by atoms with Crippen LogP contribution in [0, 0.1) is 11.3 Å². The monoisotopic (exact) mass is 448 g/mol. The fourth-order valence-corrected chi connectivity index (χ4v) is 2.90. The quantitative estimate of drug-likeness (QED) is 0.346. The first kappa shape index (κ1) is 24.0. The fraction of sp³-hybridized carbons (Fsp3) is 0.333. The van der Waals surface area contributed by atoms with Crippen molar-refractivity contribution in [1.82, 2.24) is 0 Å². The number of ether oxygens (including phenoxy) is 2. The molecule has 0 aliphatic rings. The highest BCUT2D eigenvalue weighted by Gasteiger charge is 2.30. The Kier molecular flexibility index (Phi) is 8.94. The maximum Gasteiger partial charge on any atom is 0.313 e. The van der Waals surface area contributed by atoms with E-state index in [0.29, 0.717) is 10.0 Å². The zero-order valence-corrected chi connectivity index (χ0v) is 18.9. The SMILES string of the molecule is CC(C)(C)C(/C=C/CC(=O)OCc1ccc(Cl)cc1)C(=O)OCc1ccc(Cl)cc1. The summed E-state index contributed by atoms with van der Waals surface area (Å²) in [5.74, 6) is -1.21. The molecule has 4 nitrogen and oxygen atoms in total. The van der Waals surface area contributed by atoms with Crippen LogP contribution in [0.15, 0.2) is 60.7 Å². The highest BCUT2D eigenvalue weighted by atomic mass is 35.5. The van der Waals surface area contributed by atoms with Crippen LogP contribution in [0.3, 0.4) is 0 Å². The molecule has 0 fully saturated rings. The van der Waals surface area contributed by atoms with E-state index in [4.69, 9.17) is 32.7 Å². The third-order valence-corrected chi connectivity index (χ3v) is 4.91. The molecule has 0 aromatic heterocycles. The van der Waals surface area contributed by atoms with Crippen molar-refractivity contribution in [3.8, 4) is 0 Å². The molecular weight excluding hydrogens is 423 g/mol. The Hall–Kier alpha value is -2.30. The van der Waals surface area contributed by atoms with Crippen molar-refractivity contribution in [2.45, 2.75) is 40.4 Å². The third kappa shape index (κ3) is 8.21. The summed E-state index contributed by atoms with van der Waals surface area (Å²) >= 11 is 11.7. The smallest absolute Gasteiger partial charge is 0.313 e. The Labute approximate surface area is 187 Å². The van der Waals surface area contributed by atoms with Crippen molar-refractivity contribution in [1.29, 1.82) is 0 Å². The molecule has 160 valence electrons. The molecule has 0 bridgehead atoms. The minimum atomic E-state index is -0.492. The van der Waals surface area contributed by atoms with E-state index in [1.165, 1.54) is 0 Å². The predicted octanol–water partition coefficient (Wildman–Crippen LogP) is 6.39. The summed E-state index contributed by atoms with van der Waals surface area (Å²) in [5.41, 5.74) is 1.35. The van der Waals surface area contributed by atoms with E-state index in [-0.39, 0.29) is 37.0 Å². The highest BCUT2D eigenvalue weighted by molar-refractivity contribution is 6.30. The molecule has 0 N–H and O–H groups in total. The van der Waals surface area contributed by atoms with Gasteiger partial charge in [-0.2, -0.15) is 0 Å². The summed E-state index contributed by atoms with van der Waals surface area (Å²) in [5, 5.41) is 1.26. The summed E-state index contributed by atoms with van der Waals surface area (Å²) in [7, 11) is 0. The lowest BCUT2D eigenvalue weighted by atomic mass is 9.80. The first-order valence-electron chi connectivity index (χ1n) is 9.63. The summed E-state index contributed by atoms with van der Waals surface area (Å²) < 4.78 is 10.7. The van der Waals surface area contributed by atoms with Gasteiger partial charge >= 0.3 is 11.9 Å². The van der Waals surface area contributed by atoms with E-state index < -0.39 is 5.92 Å². The molecule has 2 aromatic rings. The van der Waals surface area contributed by atoms with Crippen LogP contribution in [0.2, 0.25) is 10.0 Å². The van der Waals surface area contributed by atoms with Crippen LogP contribution < -0.4 is 0 Å². The Morgan fingerprint density at radius 3 is 1.80 bits per heavy atom. The molecule has 2 aromatic carbocycles. The van der Waals surface area contributed by atoms with E-state index >= 15 is 0 Å². The molecule has 2 rings (SSSR count). The Balaban J connectivity index is 1.87. The van der Waals surface area contributed by atoms with Crippen LogP contribution in [-0.4, -0.2) is 11.9 Å². The number of halogens is 2. The van der Waals surface area contributed by atoms with Gasteiger partial charge < -0.3 is 9.47 Å².